The van der Waals surface area contributed by atoms with Crippen LogP contribution >= 0.6 is 11.6 Å². The van der Waals surface area contributed by atoms with Crippen LogP contribution in [-0.2, 0) is 14.6 Å². The summed E-state index contributed by atoms with van der Waals surface area (Å²) in [6, 6.07) is 4.50. The molecule has 1 amide bonds. The highest BCUT2D eigenvalue weighted by molar-refractivity contribution is 7.94. The molecule has 1 fully saturated rings. The van der Waals surface area contributed by atoms with Crippen LogP contribution in [0.25, 0.3) is 0 Å². The summed E-state index contributed by atoms with van der Waals surface area (Å²) in [5.41, 5.74) is 0.296. The lowest BCUT2D eigenvalue weighted by Gasteiger charge is -2.33. The predicted molar refractivity (Wildman–Crippen MR) is 68.5 cm³/mol. The third kappa shape index (κ3) is 1.37. The highest BCUT2D eigenvalue weighted by Gasteiger charge is 2.56. The SMILES string of the molecule is O=C1Nc2cc(Cl)ccc2S(=O)(=O)C12CCCC2. The van der Waals surface area contributed by atoms with E-state index in [-0.39, 0.29) is 4.90 Å². The zero-order valence-electron chi connectivity index (χ0n) is 9.57. The van der Waals surface area contributed by atoms with Crippen molar-refractivity contribution in [1.29, 1.82) is 0 Å². The van der Waals surface area contributed by atoms with Crippen molar-refractivity contribution >= 4 is 33.0 Å². The standard InChI is InChI=1S/C12H12ClNO3S/c13-8-3-4-10-9(7-8)14-11(15)12(18(10,16)17)5-1-2-6-12/h3-4,7H,1-2,5-6H2,(H,14,15). The van der Waals surface area contributed by atoms with Crippen molar-refractivity contribution in [1.82, 2.24) is 0 Å². The van der Waals surface area contributed by atoms with E-state index in [4.69, 9.17) is 11.6 Å². The van der Waals surface area contributed by atoms with Crippen LogP contribution in [0, 0.1) is 0 Å². The van der Waals surface area contributed by atoms with Crippen LogP contribution in [0.5, 0.6) is 0 Å². The van der Waals surface area contributed by atoms with E-state index in [0.29, 0.717) is 23.6 Å². The molecule has 1 aliphatic carbocycles. The van der Waals surface area contributed by atoms with Gasteiger partial charge in [0.25, 0.3) is 0 Å². The lowest BCUT2D eigenvalue weighted by molar-refractivity contribution is -0.118. The zero-order chi connectivity index (χ0) is 13.0. The molecule has 2 aliphatic rings. The van der Waals surface area contributed by atoms with Crippen LogP contribution in [0.3, 0.4) is 0 Å². The second-order valence-corrected chi connectivity index (χ2v) is 7.46. The summed E-state index contributed by atoms with van der Waals surface area (Å²) in [6.07, 6.45) is 2.36. The van der Waals surface area contributed by atoms with E-state index in [9.17, 15) is 13.2 Å². The maximum Gasteiger partial charge on any atom is 0.246 e. The molecule has 1 aromatic rings. The lowest BCUT2D eigenvalue weighted by Crippen LogP contribution is -2.50. The third-order valence-electron chi connectivity index (χ3n) is 3.82. The van der Waals surface area contributed by atoms with Gasteiger partial charge in [-0.3, -0.25) is 4.79 Å². The predicted octanol–water partition coefficient (Wildman–Crippen LogP) is 2.38. The Kier molecular flexibility index (Phi) is 2.47. The smallest absolute Gasteiger partial charge is 0.246 e. The Bertz CT molecular complexity index is 633. The quantitative estimate of drug-likeness (QED) is 0.796. The second kappa shape index (κ2) is 3.71. The maximum atomic E-state index is 12.6. The first-order chi connectivity index (χ1) is 8.47. The molecule has 0 radical (unpaired) electrons. The van der Waals surface area contributed by atoms with Gasteiger partial charge in [0.05, 0.1) is 10.6 Å². The fraction of sp³-hybridized carbons (Fsp3) is 0.417. The van der Waals surface area contributed by atoms with E-state index in [1.807, 2.05) is 0 Å². The molecular weight excluding hydrogens is 274 g/mol. The fourth-order valence-electron chi connectivity index (χ4n) is 2.84. The van der Waals surface area contributed by atoms with Crippen LogP contribution in [0.4, 0.5) is 5.69 Å². The average molecular weight is 286 g/mol. The van der Waals surface area contributed by atoms with Crippen molar-refractivity contribution < 1.29 is 13.2 Å². The van der Waals surface area contributed by atoms with Crippen LogP contribution in [0.2, 0.25) is 5.02 Å². The molecule has 0 atom stereocenters. The molecule has 96 valence electrons. The number of carbonyl (C=O) groups excluding carboxylic acids is 1. The summed E-state index contributed by atoms with van der Waals surface area (Å²) in [5.74, 6) is -0.408. The third-order valence-corrected chi connectivity index (χ3v) is 6.61. The van der Waals surface area contributed by atoms with E-state index in [1.165, 1.54) is 18.2 Å². The number of nitrogens with one attached hydrogen (secondary N) is 1. The number of benzene rings is 1. The molecule has 3 rings (SSSR count). The van der Waals surface area contributed by atoms with Gasteiger partial charge in [0, 0.05) is 5.02 Å². The summed E-state index contributed by atoms with van der Waals surface area (Å²) >= 11 is 5.82. The van der Waals surface area contributed by atoms with Crippen LogP contribution in [-0.4, -0.2) is 19.1 Å². The molecule has 1 aromatic carbocycles. The minimum Gasteiger partial charge on any atom is -0.323 e. The van der Waals surface area contributed by atoms with Crippen molar-refractivity contribution in [2.24, 2.45) is 0 Å². The van der Waals surface area contributed by atoms with Gasteiger partial charge in [-0.25, -0.2) is 8.42 Å². The van der Waals surface area contributed by atoms with Gasteiger partial charge in [-0.1, -0.05) is 24.4 Å². The topological polar surface area (TPSA) is 63.2 Å². The van der Waals surface area contributed by atoms with E-state index in [0.717, 1.165) is 12.8 Å². The molecular formula is C12H12ClNO3S. The number of fused-ring (bicyclic) bond motifs is 1. The van der Waals surface area contributed by atoms with Gasteiger partial charge in [-0.05, 0) is 31.0 Å². The number of rotatable bonds is 0. The molecule has 1 spiro atoms. The molecule has 1 saturated carbocycles. The first-order valence-electron chi connectivity index (χ1n) is 5.83. The molecule has 6 heteroatoms. The lowest BCUT2D eigenvalue weighted by atomic mass is 10.1. The summed E-state index contributed by atoms with van der Waals surface area (Å²) in [7, 11) is -3.62. The Hall–Kier alpha value is -1.07. The van der Waals surface area contributed by atoms with E-state index in [1.54, 1.807) is 0 Å². The number of halogens is 1. The van der Waals surface area contributed by atoms with Gasteiger partial charge < -0.3 is 5.32 Å². The van der Waals surface area contributed by atoms with Crippen LogP contribution < -0.4 is 5.32 Å². The van der Waals surface area contributed by atoms with E-state index >= 15 is 0 Å². The Labute approximate surface area is 110 Å². The molecule has 4 nitrogen and oxygen atoms in total. The highest BCUT2D eigenvalue weighted by atomic mass is 35.5. The second-order valence-electron chi connectivity index (χ2n) is 4.80. The largest absolute Gasteiger partial charge is 0.323 e. The normalized spacial score (nSPS) is 23.7. The summed E-state index contributed by atoms with van der Waals surface area (Å²) in [5, 5.41) is 3.10. The Morgan fingerprint density at radius 3 is 2.56 bits per heavy atom. The summed E-state index contributed by atoms with van der Waals surface area (Å²) < 4.78 is 24.0. The minimum atomic E-state index is -3.62. The zero-order valence-corrected chi connectivity index (χ0v) is 11.1. The molecule has 1 N–H and O–H groups in total. The minimum absolute atomic E-state index is 0.188. The number of hydrogen-bond acceptors (Lipinski definition) is 3. The molecule has 1 aliphatic heterocycles. The number of anilines is 1. The summed E-state index contributed by atoms with van der Waals surface area (Å²) in [4.78, 5) is 12.4. The van der Waals surface area contributed by atoms with Crippen molar-refractivity contribution in [3.8, 4) is 0 Å². The van der Waals surface area contributed by atoms with Crippen molar-refractivity contribution in [3.05, 3.63) is 23.2 Å². The van der Waals surface area contributed by atoms with Crippen molar-refractivity contribution in [2.75, 3.05) is 5.32 Å². The summed E-state index contributed by atoms with van der Waals surface area (Å²) in [6.45, 7) is 0. The van der Waals surface area contributed by atoms with Gasteiger partial charge in [0.15, 0.2) is 14.6 Å². The van der Waals surface area contributed by atoms with Gasteiger partial charge in [0.1, 0.15) is 0 Å². The molecule has 0 saturated heterocycles. The first kappa shape index (κ1) is 12.0. The Morgan fingerprint density at radius 2 is 1.89 bits per heavy atom. The fourth-order valence-corrected chi connectivity index (χ4v) is 5.21. The van der Waals surface area contributed by atoms with Crippen LogP contribution in [0.1, 0.15) is 25.7 Å². The number of sulfone groups is 1. The number of carbonyl (C=O) groups is 1. The van der Waals surface area contributed by atoms with Crippen LogP contribution in [0.15, 0.2) is 23.1 Å². The maximum absolute atomic E-state index is 12.6. The number of amides is 1. The Morgan fingerprint density at radius 1 is 1.22 bits per heavy atom. The number of hydrogen-bond donors (Lipinski definition) is 1. The van der Waals surface area contributed by atoms with E-state index in [2.05, 4.69) is 5.32 Å². The first-order valence-corrected chi connectivity index (χ1v) is 7.69. The van der Waals surface area contributed by atoms with E-state index < -0.39 is 20.5 Å². The van der Waals surface area contributed by atoms with Gasteiger partial charge >= 0.3 is 0 Å². The molecule has 0 unspecified atom stereocenters. The molecule has 18 heavy (non-hydrogen) atoms. The molecule has 0 bridgehead atoms. The van der Waals surface area contributed by atoms with Gasteiger partial charge in [-0.2, -0.15) is 0 Å². The molecule has 1 heterocycles. The average Bonchev–Trinajstić information content (AvgIpc) is 2.77. The monoisotopic (exact) mass is 285 g/mol. The van der Waals surface area contributed by atoms with Crippen molar-refractivity contribution in [3.63, 3.8) is 0 Å². The molecule has 0 aromatic heterocycles. The highest BCUT2D eigenvalue weighted by Crippen LogP contribution is 2.46. The van der Waals surface area contributed by atoms with Gasteiger partial charge in [0.2, 0.25) is 5.91 Å². The van der Waals surface area contributed by atoms with Gasteiger partial charge in [-0.15, -0.1) is 0 Å². The van der Waals surface area contributed by atoms with Crippen molar-refractivity contribution in [2.45, 2.75) is 35.3 Å². The Balaban J connectivity index is 2.26.